The number of carbonyl (C=O) groups excluding carboxylic acids is 1. The summed E-state index contributed by atoms with van der Waals surface area (Å²) < 4.78 is 0. The monoisotopic (exact) mass is 228 g/mol. The Morgan fingerprint density at radius 3 is 3.29 bits per heavy atom. The van der Waals surface area contributed by atoms with Gasteiger partial charge in [-0.25, -0.2) is 0 Å². The van der Waals surface area contributed by atoms with Crippen LogP contribution < -0.4 is 11.2 Å². The zero-order chi connectivity index (χ0) is 11.9. The van der Waals surface area contributed by atoms with Crippen molar-refractivity contribution in [1.82, 2.24) is 10.3 Å². The molecular formula is C12H12N4O. The number of hydrogen-bond acceptors (Lipinski definition) is 4. The Balaban J connectivity index is 2.03. The lowest BCUT2D eigenvalue weighted by Gasteiger charge is -2.33. The SMILES string of the molecule is NC(=O)CN1C=CC23C=NNC=C2C=CC=C13. The van der Waals surface area contributed by atoms with E-state index in [4.69, 9.17) is 5.73 Å². The van der Waals surface area contributed by atoms with Gasteiger partial charge in [0.25, 0.3) is 0 Å². The maximum atomic E-state index is 11.0. The molecule has 0 radical (unpaired) electrons. The molecule has 1 atom stereocenters. The van der Waals surface area contributed by atoms with Crippen molar-refractivity contribution >= 4 is 12.1 Å². The van der Waals surface area contributed by atoms with Crippen LogP contribution in [0.1, 0.15) is 0 Å². The van der Waals surface area contributed by atoms with E-state index < -0.39 is 0 Å². The zero-order valence-electron chi connectivity index (χ0n) is 9.13. The second kappa shape index (κ2) is 3.35. The minimum atomic E-state index is -0.349. The minimum Gasteiger partial charge on any atom is -0.368 e. The van der Waals surface area contributed by atoms with Crippen molar-refractivity contribution in [3.63, 3.8) is 0 Å². The molecule has 86 valence electrons. The quantitative estimate of drug-likeness (QED) is 0.710. The summed E-state index contributed by atoms with van der Waals surface area (Å²) >= 11 is 0. The Morgan fingerprint density at radius 2 is 2.47 bits per heavy atom. The number of hydrogen-bond donors (Lipinski definition) is 2. The Hall–Kier alpha value is -2.30. The summed E-state index contributed by atoms with van der Waals surface area (Å²) in [5.74, 6) is -0.349. The molecule has 0 aromatic heterocycles. The van der Waals surface area contributed by atoms with Gasteiger partial charge in [0.1, 0.15) is 6.54 Å². The van der Waals surface area contributed by atoms with Crippen LogP contribution in [0.5, 0.6) is 0 Å². The molecule has 1 unspecified atom stereocenters. The van der Waals surface area contributed by atoms with Crippen LogP contribution in [-0.4, -0.2) is 23.6 Å². The maximum absolute atomic E-state index is 11.0. The highest BCUT2D eigenvalue weighted by Crippen LogP contribution is 2.45. The summed E-state index contributed by atoms with van der Waals surface area (Å²) in [6.45, 7) is 0.187. The zero-order valence-corrected chi connectivity index (χ0v) is 9.13. The number of nitrogens with two attached hydrogens (primary N) is 1. The van der Waals surface area contributed by atoms with Gasteiger partial charge >= 0.3 is 0 Å². The van der Waals surface area contributed by atoms with Crippen LogP contribution in [0, 0.1) is 5.41 Å². The van der Waals surface area contributed by atoms with Gasteiger partial charge < -0.3 is 10.6 Å². The first-order valence-corrected chi connectivity index (χ1v) is 5.36. The van der Waals surface area contributed by atoms with Crippen LogP contribution >= 0.6 is 0 Å². The number of primary amides is 1. The number of allylic oxidation sites excluding steroid dienone is 4. The van der Waals surface area contributed by atoms with Crippen molar-refractivity contribution in [1.29, 1.82) is 0 Å². The van der Waals surface area contributed by atoms with Crippen molar-refractivity contribution in [2.24, 2.45) is 16.3 Å². The Bertz CT molecular complexity index is 527. The van der Waals surface area contributed by atoms with E-state index in [0.717, 1.165) is 11.3 Å². The van der Waals surface area contributed by atoms with Crippen molar-refractivity contribution in [2.45, 2.75) is 0 Å². The van der Waals surface area contributed by atoms with Gasteiger partial charge in [0.2, 0.25) is 5.91 Å². The molecule has 5 heteroatoms. The Morgan fingerprint density at radius 1 is 1.59 bits per heavy atom. The first kappa shape index (κ1) is 9.89. The van der Waals surface area contributed by atoms with Crippen molar-refractivity contribution < 1.29 is 4.79 Å². The fraction of sp³-hybridized carbons (Fsp3) is 0.167. The second-order valence-corrected chi connectivity index (χ2v) is 4.18. The summed E-state index contributed by atoms with van der Waals surface area (Å²) in [5, 5.41) is 4.09. The molecule has 17 heavy (non-hydrogen) atoms. The standard InChI is InChI=1S/C12H12N4O/c13-11(17)7-16-5-4-12-8-15-14-6-9(12)2-1-3-10(12)16/h1-6,8,14H,7H2,(H2,13,17). The molecule has 5 nitrogen and oxygen atoms in total. The van der Waals surface area contributed by atoms with E-state index in [9.17, 15) is 4.79 Å². The largest absolute Gasteiger partial charge is 0.368 e. The van der Waals surface area contributed by atoms with Crippen LogP contribution in [0.25, 0.3) is 0 Å². The molecule has 0 bridgehead atoms. The van der Waals surface area contributed by atoms with Gasteiger partial charge in [-0.15, -0.1) is 0 Å². The van der Waals surface area contributed by atoms with Crippen LogP contribution in [0.15, 0.2) is 53.1 Å². The van der Waals surface area contributed by atoms with Gasteiger partial charge in [0, 0.05) is 24.3 Å². The summed E-state index contributed by atoms with van der Waals surface area (Å²) in [4.78, 5) is 12.9. The fourth-order valence-electron chi connectivity index (χ4n) is 2.37. The van der Waals surface area contributed by atoms with E-state index in [1.807, 2.05) is 47.8 Å². The summed E-state index contributed by atoms with van der Waals surface area (Å²) in [6.07, 6.45) is 13.6. The van der Waals surface area contributed by atoms with Gasteiger partial charge in [-0.1, -0.05) is 12.2 Å². The summed E-state index contributed by atoms with van der Waals surface area (Å²) in [6, 6.07) is 0. The lowest BCUT2D eigenvalue weighted by Crippen LogP contribution is -2.36. The average molecular weight is 228 g/mol. The van der Waals surface area contributed by atoms with E-state index in [2.05, 4.69) is 10.5 Å². The summed E-state index contributed by atoms with van der Waals surface area (Å²) in [7, 11) is 0. The first-order chi connectivity index (χ1) is 8.22. The normalized spacial score (nSPS) is 28.1. The molecule has 0 aromatic rings. The number of hydrazone groups is 1. The third-order valence-corrected chi connectivity index (χ3v) is 3.15. The third kappa shape index (κ3) is 1.32. The molecule has 0 aromatic carbocycles. The van der Waals surface area contributed by atoms with Gasteiger partial charge in [-0.2, -0.15) is 5.10 Å². The first-order valence-electron chi connectivity index (χ1n) is 5.36. The number of amides is 1. The van der Waals surface area contributed by atoms with E-state index in [1.165, 1.54) is 0 Å². The molecule has 2 heterocycles. The topological polar surface area (TPSA) is 70.7 Å². The summed E-state index contributed by atoms with van der Waals surface area (Å²) in [5.41, 5.74) is 9.85. The predicted molar refractivity (Wildman–Crippen MR) is 64.4 cm³/mol. The molecule has 3 aliphatic rings. The number of carbonyl (C=O) groups is 1. The van der Waals surface area contributed by atoms with E-state index in [1.54, 1.807) is 0 Å². The molecule has 0 fully saturated rings. The highest BCUT2D eigenvalue weighted by atomic mass is 16.1. The van der Waals surface area contributed by atoms with Crippen LogP contribution in [0.3, 0.4) is 0 Å². The molecule has 3 rings (SSSR count). The number of nitrogens with one attached hydrogen (secondary N) is 1. The Kier molecular flexibility index (Phi) is 1.95. The molecular weight excluding hydrogens is 216 g/mol. The molecule has 0 saturated carbocycles. The maximum Gasteiger partial charge on any atom is 0.237 e. The predicted octanol–water partition coefficient (Wildman–Crippen LogP) is 0.214. The molecule has 1 aliphatic carbocycles. The van der Waals surface area contributed by atoms with Crippen molar-refractivity contribution in [3.05, 3.63) is 48.0 Å². The van der Waals surface area contributed by atoms with Crippen molar-refractivity contribution in [3.8, 4) is 0 Å². The van der Waals surface area contributed by atoms with Gasteiger partial charge in [0.05, 0.1) is 5.41 Å². The van der Waals surface area contributed by atoms with Gasteiger partial charge in [0.15, 0.2) is 0 Å². The number of nitrogens with zero attached hydrogens (tertiary/aromatic N) is 2. The third-order valence-electron chi connectivity index (χ3n) is 3.15. The second-order valence-electron chi connectivity index (χ2n) is 4.18. The highest BCUT2D eigenvalue weighted by Gasteiger charge is 2.42. The van der Waals surface area contributed by atoms with E-state index >= 15 is 0 Å². The lowest BCUT2D eigenvalue weighted by atomic mass is 9.76. The molecule has 1 amide bonds. The van der Waals surface area contributed by atoms with Crippen LogP contribution in [0.4, 0.5) is 0 Å². The van der Waals surface area contributed by atoms with E-state index in [-0.39, 0.29) is 17.9 Å². The van der Waals surface area contributed by atoms with Gasteiger partial charge in [-0.05, 0) is 17.7 Å². The fourth-order valence-corrected chi connectivity index (χ4v) is 2.37. The average Bonchev–Trinajstić information content (AvgIpc) is 2.66. The lowest BCUT2D eigenvalue weighted by molar-refractivity contribution is -0.118. The molecule has 3 N–H and O–H groups in total. The molecule has 2 aliphatic heterocycles. The number of rotatable bonds is 2. The van der Waals surface area contributed by atoms with Crippen LogP contribution in [0.2, 0.25) is 0 Å². The van der Waals surface area contributed by atoms with Crippen LogP contribution in [-0.2, 0) is 4.79 Å². The van der Waals surface area contributed by atoms with E-state index in [0.29, 0.717) is 0 Å². The minimum absolute atomic E-state index is 0.187. The smallest absolute Gasteiger partial charge is 0.237 e. The molecule has 1 spiro atoms. The van der Waals surface area contributed by atoms with Gasteiger partial charge in [-0.3, -0.25) is 10.2 Å². The van der Waals surface area contributed by atoms with Crippen molar-refractivity contribution in [2.75, 3.05) is 6.54 Å². The molecule has 0 saturated heterocycles. The Labute approximate surface area is 98.7 Å². The highest BCUT2D eigenvalue weighted by molar-refractivity contribution is 5.84.